The molecule has 0 spiro atoms. The van der Waals surface area contributed by atoms with Gasteiger partial charge in [0, 0.05) is 24.6 Å². The molecule has 20 heavy (non-hydrogen) atoms. The molecule has 1 fully saturated rings. The molecule has 1 aromatic rings. The van der Waals surface area contributed by atoms with Crippen LogP contribution in [0.2, 0.25) is 0 Å². The molecule has 0 amide bonds. The Bertz CT molecular complexity index is 486. The minimum Gasteiger partial charge on any atom is -0.395 e. The standard InChI is InChI=1S/C18H25NO/c1-15-10-11-19(16(2)13-15)14-18-9-4-3-7-17(18)8-5-6-12-20/h3-4,7,9,15-16,20H,6,10-14H2,1-2H3. The van der Waals surface area contributed by atoms with Gasteiger partial charge in [-0.3, -0.25) is 4.90 Å². The first-order valence-corrected chi connectivity index (χ1v) is 7.62. The third-order valence-electron chi connectivity index (χ3n) is 4.13. The van der Waals surface area contributed by atoms with E-state index in [2.05, 4.69) is 48.8 Å². The number of aliphatic hydroxyl groups excluding tert-OH is 1. The molecule has 2 heteroatoms. The number of hydrogen-bond donors (Lipinski definition) is 1. The third kappa shape index (κ3) is 4.10. The minimum atomic E-state index is 0.135. The van der Waals surface area contributed by atoms with Gasteiger partial charge in [-0.05, 0) is 43.9 Å². The Kier molecular flexibility index (Phi) is 5.64. The second-order valence-corrected chi connectivity index (χ2v) is 5.88. The highest BCUT2D eigenvalue weighted by Gasteiger charge is 2.23. The van der Waals surface area contributed by atoms with Crippen LogP contribution in [0.25, 0.3) is 0 Å². The van der Waals surface area contributed by atoms with Crippen LogP contribution >= 0.6 is 0 Å². The van der Waals surface area contributed by atoms with E-state index in [0.717, 1.165) is 18.0 Å². The van der Waals surface area contributed by atoms with Gasteiger partial charge >= 0.3 is 0 Å². The van der Waals surface area contributed by atoms with Crippen LogP contribution in [-0.2, 0) is 6.54 Å². The Balaban J connectivity index is 2.07. The van der Waals surface area contributed by atoms with Gasteiger partial charge < -0.3 is 5.11 Å². The molecule has 2 nitrogen and oxygen atoms in total. The Hall–Kier alpha value is -1.30. The van der Waals surface area contributed by atoms with Crippen LogP contribution in [0.1, 0.15) is 44.2 Å². The summed E-state index contributed by atoms with van der Waals surface area (Å²) in [6.45, 7) is 6.98. The van der Waals surface area contributed by atoms with E-state index in [4.69, 9.17) is 5.11 Å². The van der Waals surface area contributed by atoms with Crippen LogP contribution in [0.3, 0.4) is 0 Å². The normalized spacial score (nSPS) is 23.1. The van der Waals surface area contributed by atoms with Gasteiger partial charge in [-0.2, -0.15) is 0 Å². The number of nitrogens with zero attached hydrogens (tertiary/aromatic N) is 1. The van der Waals surface area contributed by atoms with E-state index >= 15 is 0 Å². The molecule has 2 atom stereocenters. The summed E-state index contributed by atoms with van der Waals surface area (Å²) in [5.41, 5.74) is 2.41. The number of rotatable bonds is 3. The molecule has 2 rings (SSSR count). The van der Waals surface area contributed by atoms with Crippen molar-refractivity contribution in [2.45, 2.75) is 45.7 Å². The van der Waals surface area contributed by atoms with E-state index in [-0.39, 0.29) is 6.61 Å². The maximum absolute atomic E-state index is 8.82. The predicted octanol–water partition coefficient (Wildman–Crippen LogP) is 3.04. The lowest BCUT2D eigenvalue weighted by atomic mass is 9.92. The maximum atomic E-state index is 8.82. The first kappa shape index (κ1) is 15.1. The molecule has 0 radical (unpaired) electrons. The zero-order chi connectivity index (χ0) is 14.4. The summed E-state index contributed by atoms with van der Waals surface area (Å²) in [4.78, 5) is 2.56. The fourth-order valence-electron chi connectivity index (χ4n) is 2.90. The predicted molar refractivity (Wildman–Crippen MR) is 83.3 cm³/mol. The molecule has 1 saturated heterocycles. The lowest BCUT2D eigenvalue weighted by molar-refractivity contribution is 0.122. The second kappa shape index (κ2) is 7.47. The molecule has 0 aromatic heterocycles. The quantitative estimate of drug-likeness (QED) is 0.854. The van der Waals surface area contributed by atoms with Gasteiger partial charge in [-0.1, -0.05) is 37.0 Å². The summed E-state index contributed by atoms with van der Waals surface area (Å²) in [7, 11) is 0. The van der Waals surface area contributed by atoms with Gasteiger partial charge in [0.2, 0.25) is 0 Å². The molecule has 1 aliphatic heterocycles. The first-order valence-electron chi connectivity index (χ1n) is 7.62. The van der Waals surface area contributed by atoms with Crippen molar-refractivity contribution in [3.05, 3.63) is 35.4 Å². The van der Waals surface area contributed by atoms with E-state index in [1.54, 1.807) is 0 Å². The largest absolute Gasteiger partial charge is 0.395 e. The van der Waals surface area contributed by atoms with Crippen LogP contribution in [0.5, 0.6) is 0 Å². The molecular formula is C18H25NO. The van der Waals surface area contributed by atoms with E-state index in [1.807, 2.05) is 6.07 Å². The Morgan fingerprint density at radius 3 is 2.85 bits per heavy atom. The number of hydrogen-bond acceptors (Lipinski definition) is 2. The highest BCUT2D eigenvalue weighted by Crippen LogP contribution is 2.24. The summed E-state index contributed by atoms with van der Waals surface area (Å²) >= 11 is 0. The topological polar surface area (TPSA) is 23.5 Å². The van der Waals surface area contributed by atoms with Crippen molar-refractivity contribution >= 4 is 0 Å². The molecule has 108 valence electrons. The summed E-state index contributed by atoms with van der Waals surface area (Å²) in [5, 5.41) is 8.82. The van der Waals surface area contributed by atoms with Gasteiger partial charge in [0.25, 0.3) is 0 Å². The van der Waals surface area contributed by atoms with Crippen LogP contribution in [0.15, 0.2) is 24.3 Å². The van der Waals surface area contributed by atoms with Crippen molar-refractivity contribution in [3.63, 3.8) is 0 Å². The van der Waals surface area contributed by atoms with E-state index in [0.29, 0.717) is 12.5 Å². The molecule has 2 unspecified atom stereocenters. The monoisotopic (exact) mass is 271 g/mol. The lowest BCUT2D eigenvalue weighted by Crippen LogP contribution is -2.39. The molecular weight excluding hydrogens is 246 g/mol. The maximum Gasteiger partial charge on any atom is 0.0540 e. The molecule has 0 bridgehead atoms. The van der Waals surface area contributed by atoms with Crippen molar-refractivity contribution in [1.82, 2.24) is 4.90 Å². The van der Waals surface area contributed by atoms with Crippen molar-refractivity contribution in [1.29, 1.82) is 0 Å². The van der Waals surface area contributed by atoms with E-state index in [9.17, 15) is 0 Å². The van der Waals surface area contributed by atoms with Crippen LogP contribution in [0.4, 0.5) is 0 Å². The zero-order valence-electron chi connectivity index (χ0n) is 12.6. The Morgan fingerprint density at radius 2 is 2.10 bits per heavy atom. The van der Waals surface area contributed by atoms with Gasteiger partial charge in [0.15, 0.2) is 0 Å². The highest BCUT2D eigenvalue weighted by molar-refractivity contribution is 5.41. The molecule has 1 aliphatic rings. The number of aliphatic hydroxyl groups is 1. The van der Waals surface area contributed by atoms with Gasteiger partial charge in [0.1, 0.15) is 0 Å². The SMILES string of the molecule is CC1CCN(Cc2ccccc2C#CCCO)C(C)C1. The molecule has 0 saturated carbocycles. The number of piperidine rings is 1. The molecule has 0 aliphatic carbocycles. The van der Waals surface area contributed by atoms with Gasteiger partial charge in [0.05, 0.1) is 6.61 Å². The van der Waals surface area contributed by atoms with Crippen molar-refractivity contribution in [2.24, 2.45) is 5.92 Å². The van der Waals surface area contributed by atoms with Crippen LogP contribution in [-0.4, -0.2) is 29.2 Å². The highest BCUT2D eigenvalue weighted by atomic mass is 16.2. The average Bonchev–Trinajstić information content (AvgIpc) is 2.44. The fourth-order valence-corrected chi connectivity index (χ4v) is 2.90. The van der Waals surface area contributed by atoms with E-state index < -0.39 is 0 Å². The lowest BCUT2D eigenvalue weighted by Gasteiger charge is -2.36. The zero-order valence-corrected chi connectivity index (χ0v) is 12.6. The Morgan fingerprint density at radius 1 is 1.30 bits per heavy atom. The summed E-state index contributed by atoms with van der Waals surface area (Å²) in [5.74, 6) is 7.07. The summed E-state index contributed by atoms with van der Waals surface area (Å²) < 4.78 is 0. The number of benzene rings is 1. The van der Waals surface area contributed by atoms with Crippen molar-refractivity contribution in [2.75, 3.05) is 13.2 Å². The third-order valence-corrected chi connectivity index (χ3v) is 4.13. The molecule has 1 aromatic carbocycles. The van der Waals surface area contributed by atoms with Crippen molar-refractivity contribution < 1.29 is 5.11 Å². The molecule has 1 N–H and O–H groups in total. The minimum absolute atomic E-state index is 0.135. The fraction of sp³-hybridized carbons (Fsp3) is 0.556. The first-order chi connectivity index (χ1) is 9.70. The van der Waals surface area contributed by atoms with Crippen LogP contribution < -0.4 is 0 Å². The van der Waals surface area contributed by atoms with E-state index in [1.165, 1.54) is 24.9 Å². The van der Waals surface area contributed by atoms with Crippen LogP contribution in [0, 0.1) is 17.8 Å². The second-order valence-electron chi connectivity index (χ2n) is 5.88. The van der Waals surface area contributed by atoms with Gasteiger partial charge in [-0.25, -0.2) is 0 Å². The van der Waals surface area contributed by atoms with Crippen molar-refractivity contribution in [3.8, 4) is 11.8 Å². The molecule has 1 heterocycles. The number of likely N-dealkylation sites (tertiary alicyclic amines) is 1. The Labute approximate surface area is 122 Å². The smallest absolute Gasteiger partial charge is 0.0540 e. The summed E-state index contributed by atoms with van der Waals surface area (Å²) in [6, 6.07) is 9.03. The summed E-state index contributed by atoms with van der Waals surface area (Å²) in [6.07, 6.45) is 3.13. The average molecular weight is 271 g/mol. The van der Waals surface area contributed by atoms with Gasteiger partial charge in [-0.15, -0.1) is 0 Å².